The molecule has 0 amide bonds. The van der Waals surface area contributed by atoms with Crippen LogP contribution in [0.15, 0.2) is 36.4 Å². The molecule has 3 heteroatoms. The number of para-hydroxylation sites is 1. The minimum atomic E-state index is 0.385. The maximum Gasteiger partial charge on any atom is 0.101 e. The topological polar surface area (TPSA) is 60.5 Å². The van der Waals surface area contributed by atoms with Gasteiger partial charge in [-0.3, -0.25) is 0 Å². The van der Waals surface area contributed by atoms with Crippen molar-refractivity contribution in [3.63, 3.8) is 0 Å². The molecule has 3 nitrogen and oxygen atoms in total. The summed E-state index contributed by atoms with van der Waals surface area (Å²) in [5, 5.41) is 20.3. The van der Waals surface area contributed by atoms with Crippen molar-refractivity contribution in [2.75, 3.05) is 0 Å². The average molecular weight is 243 g/mol. The summed E-state index contributed by atoms with van der Waals surface area (Å²) in [5.41, 5.74) is 3.28. The van der Waals surface area contributed by atoms with E-state index in [1.165, 1.54) is 0 Å². The van der Waals surface area contributed by atoms with Crippen LogP contribution in [0.2, 0.25) is 0 Å². The second kappa shape index (κ2) is 4.08. The molecule has 0 saturated heterocycles. The Morgan fingerprint density at radius 2 is 1.79 bits per heavy atom. The SMILES string of the molecule is Cc1c(C#N)c(C#N)cc2nc3ccccc3cc12. The lowest BCUT2D eigenvalue weighted by Gasteiger charge is -2.07. The molecule has 0 fully saturated rings. The Hall–Kier alpha value is -2.91. The van der Waals surface area contributed by atoms with E-state index < -0.39 is 0 Å². The lowest BCUT2D eigenvalue weighted by Crippen LogP contribution is -1.93. The number of benzene rings is 2. The Morgan fingerprint density at radius 3 is 2.53 bits per heavy atom. The van der Waals surface area contributed by atoms with Crippen LogP contribution in [0, 0.1) is 29.6 Å². The second-order valence-corrected chi connectivity index (χ2v) is 4.40. The molecule has 0 bridgehead atoms. The fourth-order valence-corrected chi connectivity index (χ4v) is 2.32. The van der Waals surface area contributed by atoms with E-state index in [1.807, 2.05) is 37.3 Å². The molecule has 0 unspecified atom stereocenters. The van der Waals surface area contributed by atoms with Crippen LogP contribution >= 0.6 is 0 Å². The number of nitrogens with zero attached hydrogens (tertiary/aromatic N) is 3. The van der Waals surface area contributed by atoms with Crippen LogP contribution in [0.4, 0.5) is 0 Å². The van der Waals surface area contributed by atoms with Crippen molar-refractivity contribution < 1.29 is 0 Å². The molecule has 1 aromatic heterocycles. The van der Waals surface area contributed by atoms with Crippen LogP contribution in [0.5, 0.6) is 0 Å². The van der Waals surface area contributed by atoms with Gasteiger partial charge in [-0.25, -0.2) is 4.98 Å². The van der Waals surface area contributed by atoms with Gasteiger partial charge in [0.2, 0.25) is 0 Å². The fraction of sp³-hybridized carbons (Fsp3) is 0.0625. The zero-order valence-electron chi connectivity index (χ0n) is 10.3. The van der Waals surface area contributed by atoms with Crippen LogP contribution in [-0.2, 0) is 0 Å². The Kier molecular flexibility index (Phi) is 2.41. The number of fused-ring (bicyclic) bond motifs is 2. The number of nitriles is 2. The van der Waals surface area contributed by atoms with Crippen LogP contribution < -0.4 is 0 Å². The van der Waals surface area contributed by atoms with E-state index in [4.69, 9.17) is 5.26 Å². The van der Waals surface area contributed by atoms with E-state index in [0.717, 1.165) is 27.4 Å². The summed E-state index contributed by atoms with van der Waals surface area (Å²) >= 11 is 0. The summed E-state index contributed by atoms with van der Waals surface area (Å²) in [6, 6.07) is 15.7. The Balaban J connectivity index is 2.53. The predicted octanol–water partition coefficient (Wildman–Crippen LogP) is 3.44. The molecule has 1 heterocycles. The molecule has 0 aliphatic rings. The largest absolute Gasteiger partial charge is 0.248 e. The van der Waals surface area contributed by atoms with Crippen LogP contribution in [0.3, 0.4) is 0 Å². The number of aromatic nitrogens is 1. The lowest BCUT2D eigenvalue weighted by molar-refractivity contribution is 1.37. The summed E-state index contributed by atoms with van der Waals surface area (Å²) in [4.78, 5) is 4.56. The molecule has 0 aliphatic carbocycles. The minimum absolute atomic E-state index is 0.385. The number of rotatable bonds is 0. The van der Waals surface area contributed by atoms with Crippen molar-refractivity contribution in [2.45, 2.75) is 6.92 Å². The molecular formula is C16H9N3. The third-order valence-corrected chi connectivity index (χ3v) is 3.32. The maximum atomic E-state index is 9.18. The first-order chi connectivity index (χ1) is 9.24. The Morgan fingerprint density at radius 1 is 1.00 bits per heavy atom. The normalized spacial score (nSPS) is 10.3. The van der Waals surface area contributed by atoms with Crippen molar-refractivity contribution in [1.29, 1.82) is 10.5 Å². The molecule has 3 rings (SSSR count). The van der Waals surface area contributed by atoms with E-state index in [9.17, 15) is 5.26 Å². The highest BCUT2D eigenvalue weighted by Gasteiger charge is 2.11. The minimum Gasteiger partial charge on any atom is -0.248 e. The molecule has 88 valence electrons. The number of pyridine rings is 1. The molecule has 0 atom stereocenters. The molecular weight excluding hydrogens is 234 g/mol. The van der Waals surface area contributed by atoms with E-state index >= 15 is 0 Å². The van der Waals surface area contributed by atoms with Crippen molar-refractivity contribution in [2.24, 2.45) is 0 Å². The van der Waals surface area contributed by atoms with Gasteiger partial charge in [0.1, 0.15) is 12.1 Å². The van der Waals surface area contributed by atoms with Crippen molar-refractivity contribution >= 4 is 21.8 Å². The monoisotopic (exact) mass is 243 g/mol. The summed E-state index contributed by atoms with van der Waals surface area (Å²) in [6.45, 7) is 1.86. The summed E-state index contributed by atoms with van der Waals surface area (Å²) in [6.07, 6.45) is 0. The summed E-state index contributed by atoms with van der Waals surface area (Å²) < 4.78 is 0. The number of aryl methyl sites for hydroxylation is 1. The molecule has 0 spiro atoms. The van der Waals surface area contributed by atoms with Gasteiger partial charge in [0, 0.05) is 10.8 Å². The van der Waals surface area contributed by atoms with Gasteiger partial charge in [-0.05, 0) is 30.7 Å². The molecule has 0 N–H and O–H groups in total. The Bertz CT molecular complexity index is 896. The molecule has 2 aromatic carbocycles. The first-order valence-corrected chi connectivity index (χ1v) is 5.88. The molecule has 0 saturated carbocycles. The van der Waals surface area contributed by atoms with Gasteiger partial charge in [0.15, 0.2) is 0 Å². The molecule has 3 aromatic rings. The molecule has 0 aliphatic heterocycles. The van der Waals surface area contributed by atoms with Gasteiger partial charge < -0.3 is 0 Å². The zero-order chi connectivity index (χ0) is 13.4. The van der Waals surface area contributed by atoms with Crippen LogP contribution in [-0.4, -0.2) is 4.98 Å². The molecule has 19 heavy (non-hydrogen) atoms. The third-order valence-electron chi connectivity index (χ3n) is 3.32. The van der Waals surface area contributed by atoms with E-state index in [-0.39, 0.29) is 0 Å². The number of hydrogen-bond acceptors (Lipinski definition) is 3. The highest BCUT2D eigenvalue weighted by molar-refractivity contribution is 5.96. The first kappa shape index (κ1) is 11.2. The quantitative estimate of drug-likeness (QED) is 0.568. The third kappa shape index (κ3) is 1.61. The van der Waals surface area contributed by atoms with E-state index in [1.54, 1.807) is 6.07 Å². The first-order valence-electron chi connectivity index (χ1n) is 5.88. The predicted molar refractivity (Wildman–Crippen MR) is 73.4 cm³/mol. The number of hydrogen-bond donors (Lipinski definition) is 0. The average Bonchev–Trinajstić information content (AvgIpc) is 2.45. The van der Waals surface area contributed by atoms with Gasteiger partial charge in [0.25, 0.3) is 0 Å². The van der Waals surface area contributed by atoms with E-state index in [2.05, 4.69) is 17.1 Å². The highest BCUT2D eigenvalue weighted by Crippen LogP contribution is 2.26. The van der Waals surface area contributed by atoms with Gasteiger partial charge >= 0.3 is 0 Å². The van der Waals surface area contributed by atoms with Crippen molar-refractivity contribution in [1.82, 2.24) is 4.98 Å². The van der Waals surface area contributed by atoms with Gasteiger partial charge in [-0.15, -0.1) is 0 Å². The van der Waals surface area contributed by atoms with Crippen LogP contribution in [0.25, 0.3) is 21.8 Å². The smallest absolute Gasteiger partial charge is 0.101 e. The second-order valence-electron chi connectivity index (χ2n) is 4.40. The zero-order valence-corrected chi connectivity index (χ0v) is 10.3. The van der Waals surface area contributed by atoms with Gasteiger partial charge in [-0.2, -0.15) is 10.5 Å². The summed E-state index contributed by atoms with van der Waals surface area (Å²) in [7, 11) is 0. The fourth-order valence-electron chi connectivity index (χ4n) is 2.32. The van der Waals surface area contributed by atoms with Crippen LogP contribution in [0.1, 0.15) is 16.7 Å². The molecule has 0 radical (unpaired) electrons. The Labute approximate surface area is 110 Å². The van der Waals surface area contributed by atoms with Crippen molar-refractivity contribution in [3.05, 3.63) is 53.1 Å². The van der Waals surface area contributed by atoms with Gasteiger partial charge in [0.05, 0.1) is 22.2 Å². The maximum absolute atomic E-state index is 9.18. The summed E-state index contributed by atoms with van der Waals surface area (Å²) in [5.74, 6) is 0. The van der Waals surface area contributed by atoms with E-state index in [0.29, 0.717) is 11.1 Å². The van der Waals surface area contributed by atoms with Crippen molar-refractivity contribution in [3.8, 4) is 12.1 Å². The highest BCUT2D eigenvalue weighted by atomic mass is 14.7. The van der Waals surface area contributed by atoms with Gasteiger partial charge in [-0.1, -0.05) is 18.2 Å². The standard InChI is InChI=1S/C16H9N3/c1-10-13-6-11-4-2-3-5-15(11)19-16(13)7-12(8-17)14(10)9-18/h2-7H,1H3. The lowest BCUT2D eigenvalue weighted by atomic mass is 9.97.